The van der Waals surface area contributed by atoms with E-state index in [9.17, 15) is 4.79 Å². The topological polar surface area (TPSA) is 58.2 Å². The Bertz CT molecular complexity index is 1010. The van der Waals surface area contributed by atoms with Gasteiger partial charge < -0.3 is 9.64 Å². The van der Waals surface area contributed by atoms with Crippen molar-refractivity contribution in [3.63, 3.8) is 0 Å². The number of allylic oxidation sites excluding steroid dienone is 5. The van der Waals surface area contributed by atoms with Gasteiger partial charge in [-0.1, -0.05) is 22.0 Å². The first-order valence-corrected chi connectivity index (χ1v) is 9.64. The molecule has 6 heteroatoms. The number of nitrogens with zero attached hydrogens (tertiary/aromatic N) is 2. The van der Waals surface area contributed by atoms with Crippen LogP contribution >= 0.6 is 15.9 Å². The number of ether oxygens (including phenoxy) is 1. The molecule has 5 rings (SSSR count). The summed E-state index contributed by atoms with van der Waals surface area (Å²) < 4.78 is 6.48. The largest absolute Gasteiger partial charge is 0.378 e. The molecule has 0 unspecified atom stereocenters. The average Bonchev–Trinajstić information content (AvgIpc) is 3.30. The fourth-order valence-electron chi connectivity index (χ4n) is 4.11. The Morgan fingerprint density at radius 2 is 2.04 bits per heavy atom. The van der Waals surface area contributed by atoms with E-state index in [0.29, 0.717) is 6.42 Å². The summed E-state index contributed by atoms with van der Waals surface area (Å²) in [6, 6.07) is 4.06. The van der Waals surface area contributed by atoms with Gasteiger partial charge in [-0.3, -0.25) is 9.89 Å². The Kier molecular flexibility index (Phi) is 3.83. The molecule has 2 aliphatic carbocycles. The first-order chi connectivity index (χ1) is 12.7. The molecule has 1 aromatic carbocycles. The van der Waals surface area contributed by atoms with E-state index in [2.05, 4.69) is 37.1 Å². The van der Waals surface area contributed by atoms with E-state index in [1.807, 2.05) is 24.4 Å². The van der Waals surface area contributed by atoms with Crippen LogP contribution in [0.3, 0.4) is 0 Å². The molecule has 0 amide bonds. The van der Waals surface area contributed by atoms with E-state index in [1.54, 1.807) is 0 Å². The number of halogens is 1. The summed E-state index contributed by atoms with van der Waals surface area (Å²) in [7, 11) is 0. The zero-order chi connectivity index (χ0) is 17.7. The van der Waals surface area contributed by atoms with Crippen molar-refractivity contribution in [1.82, 2.24) is 15.1 Å². The van der Waals surface area contributed by atoms with Gasteiger partial charge >= 0.3 is 0 Å². The van der Waals surface area contributed by atoms with E-state index >= 15 is 0 Å². The highest BCUT2D eigenvalue weighted by atomic mass is 79.9. The monoisotopic (exact) mass is 411 g/mol. The maximum atomic E-state index is 12.7. The predicted molar refractivity (Wildman–Crippen MR) is 104 cm³/mol. The first kappa shape index (κ1) is 16.0. The molecule has 2 heterocycles. The second-order valence-electron chi connectivity index (χ2n) is 6.81. The number of hydrogen-bond donors (Lipinski definition) is 1. The third-order valence-electron chi connectivity index (χ3n) is 5.41. The van der Waals surface area contributed by atoms with E-state index in [-0.39, 0.29) is 5.78 Å². The fraction of sp³-hybridized carbons (Fsp3) is 0.300. The van der Waals surface area contributed by atoms with Gasteiger partial charge in [0.2, 0.25) is 0 Å². The van der Waals surface area contributed by atoms with Crippen LogP contribution in [0.4, 0.5) is 0 Å². The van der Waals surface area contributed by atoms with Gasteiger partial charge in [-0.05, 0) is 29.7 Å². The molecule has 0 spiro atoms. The van der Waals surface area contributed by atoms with Crippen molar-refractivity contribution in [2.45, 2.75) is 12.8 Å². The second-order valence-corrected chi connectivity index (χ2v) is 7.66. The molecule has 1 N–H and O–H groups in total. The number of fused-ring (bicyclic) bond motifs is 1. The number of carbonyl (C=O) groups excluding carboxylic acids is 1. The van der Waals surface area contributed by atoms with Crippen molar-refractivity contribution < 1.29 is 9.53 Å². The molecule has 2 aromatic rings. The summed E-state index contributed by atoms with van der Waals surface area (Å²) in [6.45, 7) is 3.14. The van der Waals surface area contributed by atoms with E-state index in [0.717, 1.165) is 76.1 Å². The third kappa shape index (κ3) is 2.47. The van der Waals surface area contributed by atoms with Gasteiger partial charge in [-0.15, -0.1) is 0 Å². The summed E-state index contributed by atoms with van der Waals surface area (Å²) >= 11 is 3.70. The predicted octanol–water partition coefficient (Wildman–Crippen LogP) is 3.60. The Balaban J connectivity index is 1.55. The van der Waals surface area contributed by atoms with Crippen molar-refractivity contribution in [3.8, 4) is 0 Å². The summed E-state index contributed by atoms with van der Waals surface area (Å²) in [5.41, 5.74) is 6.49. The van der Waals surface area contributed by atoms with Gasteiger partial charge in [0.05, 0.1) is 24.9 Å². The molecule has 0 atom stereocenters. The molecule has 0 saturated carbocycles. The second kappa shape index (κ2) is 6.21. The maximum Gasteiger partial charge on any atom is 0.184 e. The Labute approximate surface area is 159 Å². The van der Waals surface area contributed by atoms with Gasteiger partial charge in [0, 0.05) is 52.3 Å². The van der Waals surface area contributed by atoms with E-state index in [4.69, 9.17) is 4.74 Å². The minimum absolute atomic E-state index is 0.148. The van der Waals surface area contributed by atoms with Gasteiger partial charge in [0.25, 0.3) is 0 Å². The molecule has 5 nitrogen and oxygen atoms in total. The molecule has 132 valence electrons. The summed E-state index contributed by atoms with van der Waals surface area (Å²) in [5, 5.41) is 8.31. The van der Waals surface area contributed by atoms with Crippen LogP contribution in [-0.4, -0.2) is 47.2 Å². The molecule has 1 saturated heterocycles. The lowest BCUT2D eigenvalue weighted by Gasteiger charge is -2.33. The van der Waals surface area contributed by atoms with Crippen LogP contribution in [0, 0.1) is 0 Å². The number of aromatic amines is 1. The molecule has 1 aliphatic heterocycles. The van der Waals surface area contributed by atoms with Crippen molar-refractivity contribution in [1.29, 1.82) is 0 Å². The van der Waals surface area contributed by atoms with Crippen molar-refractivity contribution in [3.05, 3.63) is 57.4 Å². The number of hydrogen-bond acceptors (Lipinski definition) is 4. The Hall–Kier alpha value is -2.18. The minimum atomic E-state index is 0.148. The molecule has 26 heavy (non-hydrogen) atoms. The SMILES string of the molecule is O=C1C=C(N2CCOCC2)CC2=C1CC=C2c1c(Br)ccc2[nH]ncc12. The van der Waals surface area contributed by atoms with Crippen LogP contribution in [0.25, 0.3) is 16.5 Å². The molecular weight excluding hydrogens is 394 g/mol. The van der Waals surface area contributed by atoms with Crippen LogP contribution in [0.2, 0.25) is 0 Å². The van der Waals surface area contributed by atoms with Crippen molar-refractivity contribution >= 4 is 38.2 Å². The lowest BCUT2D eigenvalue weighted by atomic mass is 9.88. The average molecular weight is 412 g/mol. The third-order valence-corrected chi connectivity index (χ3v) is 6.07. The maximum absolute atomic E-state index is 12.7. The number of H-pyrrole nitrogens is 1. The van der Waals surface area contributed by atoms with Crippen molar-refractivity contribution in [2.24, 2.45) is 0 Å². The number of morpholine rings is 1. The van der Waals surface area contributed by atoms with Crippen LogP contribution in [0.5, 0.6) is 0 Å². The highest BCUT2D eigenvalue weighted by Gasteiger charge is 2.31. The lowest BCUT2D eigenvalue weighted by molar-refractivity contribution is -0.111. The molecule has 0 radical (unpaired) electrons. The zero-order valence-electron chi connectivity index (χ0n) is 14.2. The Morgan fingerprint density at radius 1 is 1.19 bits per heavy atom. The van der Waals surface area contributed by atoms with Crippen LogP contribution in [0.15, 0.2) is 51.8 Å². The smallest absolute Gasteiger partial charge is 0.184 e. The number of aromatic nitrogens is 2. The van der Waals surface area contributed by atoms with Crippen LogP contribution < -0.4 is 0 Å². The van der Waals surface area contributed by atoms with Gasteiger partial charge in [0.1, 0.15) is 0 Å². The summed E-state index contributed by atoms with van der Waals surface area (Å²) in [5.74, 6) is 0.148. The van der Waals surface area contributed by atoms with Crippen LogP contribution in [0.1, 0.15) is 18.4 Å². The van der Waals surface area contributed by atoms with E-state index in [1.165, 1.54) is 0 Å². The summed E-state index contributed by atoms with van der Waals surface area (Å²) in [6.07, 6.45) is 7.38. The van der Waals surface area contributed by atoms with Gasteiger partial charge in [-0.25, -0.2) is 0 Å². The highest BCUT2D eigenvalue weighted by molar-refractivity contribution is 9.10. The van der Waals surface area contributed by atoms with Gasteiger partial charge in [-0.2, -0.15) is 5.10 Å². The molecule has 0 bridgehead atoms. The number of carbonyl (C=O) groups is 1. The number of rotatable bonds is 2. The Morgan fingerprint density at radius 3 is 2.88 bits per heavy atom. The fourth-order valence-corrected chi connectivity index (χ4v) is 4.67. The number of ketones is 1. The van der Waals surface area contributed by atoms with Crippen molar-refractivity contribution in [2.75, 3.05) is 26.3 Å². The highest BCUT2D eigenvalue weighted by Crippen LogP contribution is 2.45. The molecule has 1 aromatic heterocycles. The number of benzene rings is 1. The molecule has 1 fully saturated rings. The summed E-state index contributed by atoms with van der Waals surface area (Å²) in [4.78, 5) is 15.0. The molecule has 3 aliphatic rings. The standard InChI is InChI=1S/C20H18BrN3O2/c21-17-3-4-18-16(11-22-23-18)20(17)14-2-1-13-15(14)9-12(10-19(13)25)24-5-7-26-8-6-24/h2-4,10-11H,1,5-9H2,(H,22,23). The van der Waals surface area contributed by atoms with Gasteiger partial charge in [0.15, 0.2) is 5.78 Å². The quantitative estimate of drug-likeness (QED) is 0.819. The van der Waals surface area contributed by atoms with Crippen LogP contribution in [-0.2, 0) is 9.53 Å². The van der Waals surface area contributed by atoms with E-state index < -0.39 is 0 Å². The first-order valence-electron chi connectivity index (χ1n) is 8.84. The zero-order valence-corrected chi connectivity index (χ0v) is 15.8. The number of nitrogens with one attached hydrogen (secondary N) is 1. The minimum Gasteiger partial charge on any atom is -0.378 e. The molecular formula is C20H18BrN3O2. The lowest BCUT2D eigenvalue weighted by Crippen LogP contribution is -2.36. The normalized spacial score (nSPS) is 20.5.